The fourth-order valence-corrected chi connectivity index (χ4v) is 1.72. The maximum absolute atomic E-state index is 3.53. The van der Waals surface area contributed by atoms with Crippen LogP contribution in [0.4, 0.5) is 0 Å². The number of fused-ring (bicyclic) bond motifs is 1. The average molecular weight is 363 g/mol. The molecule has 1 atom stereocenters. The van der Waals surface area contributed by atoms with Crippen molar-refractivity contribution in [1.29, 1.82) is 0 Å². The third-order valence-corrected chi connectivity index (χ3v) is 2.29. The summed E-state index contributed by atoms with van der Waals surface area (Å²) in [4.78, 5) is 0. The molecule has 1 N–H and O–H groups in total. The zero-order chi connectivity index (χ0) is 10.2. The van der Waals surface area contributed by atoms with Crippen LogP contribution in [0.15, 0.2) is 24.3 Å². The van der Waals surface area contributed by atoms with Gasteiger partial charge in [-0.15, -0.1) is 11.6 Å². The van der Waals surface area contributed by atoms with Crippen LogP contribution in [0.5, 0.6) is 0 Å². The second-order valence-corrected chi connectivity index (χ2v) is 4.77. The Morgan fingerprint density at radius 1 is 1.05 bits per heavy atom. The van der Waals surface area contributed by atoms with Crippen LogP contribution in [0.3, 0.4) is 0 Å². The van der Waals surface area contributed by atoms with E-state index in [1.807, 2.05) is 0 Å². The number of benzene rings is 1. The number of nitrogens with one attached hydrogen (secondary N) is 1. The smallest absolute Gasteiger partial charge is 1.00 e. The van der Waals surface area contributed by atoms with E-state index in [2.05, 4.69) is 62.5 Å². The molecular weight excluding hydrogens is 341 g/mol. The van der Waals surface area contributed by atoms with Crippen molar-refractivity contribution in [2.45, 2.75) is 32.4 Å². The Bertz CT molecular complexity index is 378. The van der Waals surface area contributed by atoms with Crippen molar-refractivity contribution >= 4 is 17.0 Å². The quantitative estimate of drug-likeness (QED) is 0.429. The molecule has 0 saturated carbocycles. The van der Waals surface area contributed by atoms with Crippen molar-refractivity contribution < 1.29 is 46.5 Å². The summed E-state index contributed by atoms with van der Waals surface area (Å²) in [6.45, 7) is 6.53. The van der Waals surface area contributed by atoms with Gasteiger partial charge >= 0.3 is 21.7 Å². The SMILES string of the molecule is CC(C)(C)NC1[C-]=Cc2ccccc21.[CH3-].[CH3-].[Cl-].[Cl-].[Si].[Ti+2]. The summed E-state index contributed by atoms with van der Waals surface area (Å²) in [7, 11) is 0. The van der Waals surface area contributed by atoms with Crippen LogP contribution in [0.2, 0.25) is 0 Å². The molecule has 1 nitrogen and oxygen atoms in total. The molecule has 4 radical (unpaired) electrons. The molecule has 1 aliphatic carbocycles. The number of halogens is 2. The Morgan fingerprint density at radius 2 is 1.55 bits per heavy atom. The molecule has 5 heteroatoms. The van der Waals surface area contributed by atoms with E-state index in [9.17, 15) is 0 Å². The van der Waals surface area contributed by atoms with Gasteiger partial charge < -0.3 is 45.0 Å². The van der Waals surface area contributed by atoms with Gasteiger partial charge in [0.1, 0.15) is 0 Å². The molecule has 1 aromatic carbocycles. The first kappa shape index (κ1) is 32.4. The van der Waals surface area contributed by atoms with Crippen molar-refractivity contribution in [1.82, 2.24) is 5.32 Å². The standard InChI is InChI=1S/C13H16N.2CH3.2ClH.Si.Ti/c1-13(2,3)14-12-9-8-10-6-4-5-7-11(10)12;;;;;;/h4-8,12,14H,1-3H3;2*1H3;2*1H;;/q3*-1;;;;+2/p-2. The minimum atomic E-state index is 0. The molecule has 0 saturated heterocycles. The first-order valence-electron chi connectivity index (χ1n) is 5.02. The Kier molecular flexibility index (Phi) is 21.3. The first-order chi connectivity index (χ1) is 6.56. The Labute approximate surface area is 157 Å². The minimum absolute atomic E-state index is 0. The van der Waals surface area contributed by atoms with Gasteiger partial charge in [-0.3, -0.25) is 6.08 Å². The van der Waals surface area contributed by atoms with Crippen LogP contribution in [-0.4, -0.2) is 16.5 Å². The minimum Gasteiger partial charge on any atom is -1.00 e. The Hall–Kier alpha value is 0.431. The second kappa shape index (κ2) is 13.1. The molecule has 0 aromatic heterocycles. The molecule has 1 aromatic rings. The van der Waals surface area contributed by atoms with Gasteiger partial charge in [0, 0.05) is 16.5 Å². The van der Waals surface area contributed by atoms with Crippen LogP contribution in [0.1, 0.15) is 37.9 Å². The summed E-state index contributed by atoms with van der Waals surface area (Å²) in [6, 6.07) is 8.70. The van der Waals surface area contributed by atoms with E-state index in [4.69, 9.17) is 0 Å². The summed E-state index contributed by atoms with van der Waals surface area (Å²) >= 11 is 0. The molecule has 1 aliphatic rings. The fourth-order valence-electron chi connectivity index (χ4n) is 1.72. The maximum atomic E-state index is 3.53. The Balaban J connectivity index is -0.000000125. The molecule has 0 heterocycles. The van der Waals surface area contributed by atoms with E-state index in [0.29, 0.717) is 0 Å². The third-order valence-electron chi connectivity index (χ3n) is 2.29. The summed E-state index contributed by atoms with van der Waals surface area (Å²) in [5.41, 5.74) is 2.75. The zero-order valence-corrected chi connectivity index (χ0v) is 16.8. The normalized spacial score (nSPS) is 13.8. The molecule has 2 rings (SSSR count). The summed E-state index contributed by atoms with van der Waals surface area (Å²) in [5, 5.41) is 3.53. The molecule has 112 valence electrons. The van der Waals surface area contributed by atoms with Gasteiger partial charge in [-0.2, -0.15) is 5.56 Å². The van der Waals surface area contributed by atoms with E-state index in [1.54, 1.807) is 0 Å². The number of hydrogen-bond acceptors (Lipinski definition) is 1. The van der Waals surface area contributed by atoms with Crippen LogP contribution in [0.25, 0.3) is 6.08 Å². The van der Waals surface area contributed by atoms with Crippen LogP contribution in [0, 0.1) is 20.9 Å². The molecule has 20 heavy (non-hydrogen) atoms. The molecular formula is C15H22Cl2NSiTi-3. The number of hydrogen-bond donors (Lipinski definition) is 1. The van der Waals surface area contributed by atoms with Gasteiger partial charge in [0.25, 0.3) is 0 Å². The van der Waals surface area contributed by atoms with Gasteiger partial charge in [0.2, 0.25) is 0 Å². The van der Waals surface area contributed by atoms with Crippen molar-refractivity contribution in [3.05, 3.63) is 56.3 Å². The molecule has 0 spiro atoms. The van der Waals surface area contributed by atoms with Gasteiger partial charge in [-0.1, -0.05) is 18.2 Å². The topological polar surface area (TPSA) is 12.0 Å². The fraction of sp³-hybridized carbons (Fsp3) is 0.333. The monoisotopic (exact) mass is 362 g/mol. The van der Waals surface area contributed by atoms with E-state index < -0.39 is 0 Å². The summed E-state index contributed by atoms with van der Waals surface area (Å²) in [5.74, 6) is 0. The molecule has 0 bridgehead atoms. The van der Waals surface area contributed by atoms with Crippen molar-refractivity contribution in [2.75, 3.05) is 0 Å². The molecule has 0 fully saturated rings. The van der Waals surface area contributed by atoms with E-state index in [-0.39, 0.29) is 83.9 Å². The van der Waals surface area contributed by atoms with Crippen molar-refractivity contribution in [3.63, 3.8) is 0 Å². The van der Waals surface area contributed by atoms with Gasteiger partial charge in [0.05, 0.1) is 0 Å². The van der Waals surface area contributed by atoms with Crippen LogP contribution >= 0.6 is 0 Å². The largest absolute Gasteiger partial charge is 2.00 e. The molecule has 1 unspecified atom stereocenters. The van der Waals surface area contributed by atoms with E-state index in [0.717, 1.165) is 0 Å². The van der Waals surface area contributed by atoms with Crippen molar-refractivity contribution in [3.8, 4) is 0 Å². The van der Waals surface area contributed by atoms with Gasteiger partial charge in [-0.05, 0) is 26.8 Å². The maximum Gasteiger partial charge on any atom is 2.00 e. The zero-order valence-electron chi connectivity index (χ0n) is 12.7. The Morgan fingerprint density at radius 3 is 2.05 bits per heavy atom. The summed E-state index contributed by atoms with van der Waals surface area (Å²) in [6.07, 6.45) is 5.41. The van der Waals surface area contributed by atoms with Crippen molar-refractivity contribution in [2.24, 2.45) is 0 Å². The number of rotatable bonds is 1. The van der Waals surface area contributed by atoms with E-state index >= 15 is 0 Å². The van der Waals surface area contributed by atoms with Gasteiger partial charge in [-0.25, -0.2) is 6.08 Å². The van der Waals surface area contributed by atoms with Crippen LogP contribution < -0.4 is 30.1 Å². The van der Waals surface area contributed by atoms with E-state index in [1.165, 1.54) is 11.1 Å². The average Bonchev–Trinajstić information content (AvgIpc) is 2.47. The van der Waals surface area contributed by atoms with Gasteiger partial charge in [0.15, 0.2) is 0 Å². The van der Waals surface area contributed by atoms with Crippen LogP contribution in [-0.2, 0) is 21.7 Å². The first-order valence-corrected chi connectivity index (χ1v) is 5.02. The third kappa shape index (κ3) is 8.66. The summed E-state index contributed by atoms with van der Waals surface area (Å²) < 4.78 is 0. The predicted octanol–water partition coefficient (Wildman–Crippen LogP) is -2.53. The molecule has 0 aliphatic heterocycles. The second-order valence-electron chi connectivity index (χ2n) is 4.77. The predicted molar refractivity (Wildman–Crippen MR) is 78.4 cm³/mol. The molecule has 0 amide bonds.